The van der Waals surface area contributed by atoms with Crippen molar-refractivity contribution in [3.63, 3.8) is 0 Å². The highest BCUT2D eigenvalue weighted by atomic mass is 16.5. The highest BCUT2D eigenvalue weighted by Gasteiger charge is 2.17. The largest absolute Gasteiger partial charge is 0.468 e. The van der Waals surface area contributed by atoms with Crippen LogP contribution in [0, 0.1) is 0 Å². The van der Waals surface area contributed by atoms with Gasteiger partial charge in [0.1, 0.15) is 6.04 Å². The molecule has 13 heavy (non-hydrogen) atoms. The molecule has 0 aliphatic heterocycles. The van der Waals surface area contributed by atoms with Crippen LogP contribution in [0.1, 0.15) is 13.8 Å². The van der Waals surface area contributed by atoms with Crippen molar-refractivity contribution in [2.24, 2.45) is 0 Å². The first-order valence-corrected chi connectivity index (χ1v) is 4.49. The van der Waals surface area contributed by atoms with Gasteiger partial charge in [-0.1, -0.05) is 0 Å². The van der Waals surface area contributed by atoms with Crippen molar-refractivity contribution in [1.82, 2.24) is 4.90 Å². The van der Waals surface area contributed by atoms with Crippen LogP contribution in [0.25, 0.3) is 0 Å². The molecule has 0 N–H and O–H groups in total. The van der Waals surface area contributed by atoms with E-state index in [2.05, 4.69) is 4.74 Å². The molecule has 0 aliphatic carbocycles. The highest BCUT2D eigenvalue weighted by molar-refractivity contribution is 5.75. The summed E-state index contributed by atoms with van der Waals surface area (Å²) in [5.41, 5.74) is 0. The van der Waals surface area contributed by atoms with Crippen LogP contribution in [-0.2, 0) is 14.3 Å². The van der Waals surface area contributed by atoms with E-state index in [1.165, 1.54) is 7.11 Å². The number of hydrogen-bond donors (Lipinski definition) is 0. The van der Waals surface area contributed by atoms with Gasteiger partial charge in [-0.25, -0.2) is 0 Å². The van der Waals surface area contributed by atoms with Crippen LogP contribution in [0.15, 0.2) is 0 Å². The summed E-state index contributed by atoms with van der Waals surface area (Å²) in [5, 5.41) is 0. The molecule has 0 aromatic carbocycles. The molecule has 0 aliphatic rings. The third-order valence-corrected chi connectivity index (χ3v) is 2.00. The highest BCUT2D eigenvalue weighted by Crippen LogP contribution is 1.97. The summed E-state index contributed by atoms with van der Waals surface area (Å²) >= 11 is 0. The zero-order chi connectivity index (χ0) is 10.3. The maximum atomic E-state index is 11.1. The van der Waals surface area contributed by atoms with Crippen LogP contribution in [0.4, 0.5) is 0 Å². The van der Waals surface area contributed by atoms with Crippen LogP contribution in [0.3, 0.4) is 0 Å². The van der Waals surface area contributed by atoms with Gasteiger partial charge in [0.2, 0.25) is 0 Å². The first-order chi connectivity index (χ1) is 6.13. The Balaban J connectivity index is 3.68. The zero-order valence-electron chi connectivity index (χ0n) is 8.87. The van der Waals surface area contributed by atoms with E-state index < -0.39 is 0 Å². The minimum Gasteiger partial charge on any atom is -0.468 e. The maximum absolute atomic E-state index is 11.1. The van der Waals surface area contributed by atoms with Gasteiger partial charge in [0.15, 0.2) is 0 Å². The average Bonchev–Trinajstić information content (AvgIpc) is 2.15. The predicted octanol–water partition coefficient (Wildman–Crippen LogP) is 0.516. The Morgan fingerprint density at radius 3 is 2.62 bits per heavy atom. The van der Waals surface area contributed by atoms with Gasteiger partial charge in [-0.2, -0.15) is 0 Å². The average molecular weight is 189 g/mol. The van der Waals surface area contributed by atoms with Gasteiger partial charge in [-0.3, -0.25) is 9.69 Å². The summed E-state index contributed by atoms with van der Waals surface area (Å²) in [6.07, 6.45) is 0. The lowest BCUT2D eigenvalue weighted by atomic mass is 10.3. The molecule has 1 atom stereocenters. The van der Waals surface area contributed by atoms with Crippen molar-refractivity contribution in [2.75, 3.05) is 33.9 Å². The molecule has 0 spiro atoms. The molecule has 0 amide bonds. The molecule has 0 aromatic heterocycles. The number of esters is 1. The van der Waals surface area contributed by atoms with E-state index in [0.717, 1.165) is 6.54 Å². The molecule has 0 saturated carbocycles. The Morgan fingerprint density at radius 2 is 2.15 bits per heavy atom. The molecule has 0 aromatic rings. The number of ether oxygens (including phenoxy) is 2. The van der Waals surface area contributed by atoms with Crippen molar-refractivity contribution < 1.29 is 14.3 Å². The SMILES string of the molecule is CCOCCN(C)C(C)C(=O)OC. The molecular weight excluding hydrogens is 170 g/mol. The first kappa shape index (κ1) is 12.4. The van der Waals surface area contributed by atoms with Crippen molar-refractivity contribution in [1.29, 1.82) is 0 Å². The predicted molar refractivity (Wildman–Crippen MR) is 50.6 cm³/mol. The monoisotopic (exact) mass is 189 g/mol. The van der Waals surface area contributed by atoms with E-state index >= 15 is 0 Å². The van der Waals surface area contributed by atoms with Crippen LogP contribution < -0.4 is 0 Å². The number of nitrogens with zero attached hydrogens (tertiary/aromatic N) is 1. The van der Waals surface area contributed by atoms with Crippen molar-refractivity contribution in [3.05, 3.63) is 0 Å². The minimum atomic E-state index is -0.209. The molecule has 4 heteroatoms. The second-order valence-corrected chi connectivity index (χ2v) is 2.88. The van der Waals surface area contributed by atoms with Gasteiger partial charge in [0, 0.05) is 13.2 Å². The van der Waals surface area contributed by atoms with Gasteiger partial charge in [-0.05, 0) is 20.9 Å². The van der Waals surface area contributed by atoms with Crippen molar-refractivity contribution in [2.45, 2.75) is 19.9 Å². The van der Waals surface area contributed by atoms with Crippen LogP contribution in [0.5, 0.6) is 0 Å². The molecule has 0 radical (unpaired) electrons. The van der Waals surface area contributed by atoms with Crippen LogP contribution in [-0.4, -0.2) is 50.8 Å². The molecule has 4 nitrogen and oxygen atoms in total. The normalized spacial score (nSPS) is 13.0. The van der Waals surface area contributed by atoms with E-state index in [9.17, 15) is 4.79 Å². The molecule has 78 valence electrons. The van der Waals surface area contributed by atoms with E-state index in [4.69, 9.17) is 4.74 Å². The third-order valence-electron chi connectivity index (χ3n) is 2.00. The molecule has 0 saturated heterocycles. The zero-order valence-corrected chi connectivity index (χ0v) is 8.87. The summed E-state index contributed by atoms with van der Waals surface area (Å²) < 4.78 is 9.79. The Bertz CT molecular complexity index is 150. The summed E-state index contributed by atoms with van der Waals surface area (Å²) in [7, 11) is 3.27. The molecule has 0 rings (SSSR count). The van der Waals surface area contributed by atoms with Gasteiger partial charge in [-0.15, -0.1) is 0 Å². The fraction of sp³-hybridized carbons (Fsp3) is 0.889. The lowest BCUT2D eigenvalue weighted by Crippen LogP contribution is -2.38. The van der Waals surface area contributed by atoms with Crippen LogP contribution in [0.2, 0.25) is 0 Å². The first-order valence-electron chi connectivity index (χ1n) is 4.49. The number of likely N-dealkylation sites (N-methyl/N-ethyl adjacent to an activating group) is 1. The molecule has 0 fully saturated rings. The number of methoxy groups -OCH3 is 1. The third kappa shape index (κ3) is 4.85. The molecule has 0 heterocycles. The Morgan fingerprint density at radius 1 is 1.54 bits per heavy atom. The quantitative estimate of drug-likeness (QED) is 0.451. The number of carbonyl (C=O) groups excluding carboxylic acids is 1. The van der Waals surface area contributed by atoms with Crippen molar-refractivity contribution >= 4 is 5.97 Å². The summed E-state index contributed by atoms with van der Waals surface area (Å²) in [4.78, 5) is 13.0. The Labute approximate surface area is 79.8 Å². The van der Waals surface area contributed by atoms with Gasteiger partial charge >= 0.3 is 5.97 Å². The smallest absolute Gasteiger partial charge is 0.322 e. The summed E-state index contributed by atoms with van der Waals surface area (Å²) in [6, 6.07) is -0.203. The number of hydrogen-bond acceptors (Lipinski definition) is 4. The maximum Gasteiger partial charge on any atom is 0.322 e. The molecule has 1 unspecified atom stereocenters. The number of carbonyl (C=O) groups is 1. The fourth-order valence-corrected chi connectivity index (χ4v) is 0.897. The van der Waals surface area contributed by atoms with E-state index in [-0.39, 0.29) is 12.0 Å². The van der Waals surface area contributed by atoms with Gasteiger partial charge < -0.3 is 9.47 Å². The van der Waals surface area contributed by atoms with E-state index in [1.807, 2.05) is 25.8 Å². The summed E-state index contributed by atoms with van der Waals surface area (Å²) in [5.74, 6) is -0.209. The minimum absolute atomic E-state index is 0.203. The summed E-state index contributed by atoms with van der Waals surface area (Å²) in [6.45, 7) is 5.86. The molecule has 0 bridgehead atoms. The second-order valence-electron chi connectivity index (χ2n) is 2.88. The Hall–Kier alpha value is -0.610. The topological polar surface area (TPSA) is 38.8 Å². The van der Waals surface area contributed by atoms with Crippen molar-refractivity contribution in [3.8, 4) is 0 Å². The Kier molecular flexibility index (Phi) is 6.54. The standard InChI is InChI=1S/C9H19NO3/c1-5-13-7-6-10(3)8(2)9(11)12-4/h8H,5-7H2,1-4H3. The number of rotatable bonds is 6. The lowest BCUT2D eigenvalue weighted by Gasteiger charge is -2.21. The fourth-order valence-electron chi connectivity index (χ4n) is 0.897. The van der Waals surface area contributed by atoms with E-state index in [1.54, 1.807) is 0 Å². The van der Waals surface area contributed by atoms with Crippen LogP contribution >= 0.6 is 0 Å². The second kappa shape index (κ2) is 6.86. The van der Waals surface area contributed by atoms with Gasteiger partial charge in [0.05, 0.1) is 13.7 Å². The molecular formula is C9H19NO3. The van der Waals surface area contributed by atoms with Gasteiger partial charge in [0.25, 0.3) is 0 Å². The lowest BCUT2D eigenvalue weighted by molar-refractivity contribution is -0.145. The van der Waals surface area contributed by atoms with E-state index in [0.29, 0.717) is 13.2 Å².